The van der Waals surface area contributed by atoms with Gasteiger partial charge in [0.25, 0.3) is 0 Å². The molecule has 0 amide bonds. The van der Waals surface area contributed by atoms with Crippen LogP contribution in [0.15, 0.2) is 18.2 Å². The summed E-state index contributed by atoms with van der Waals surface area (Å²) in [5.41, 5.74) is 1.33. The van der Waals surface area contributed by atoms with Gasteiger partial charge < -0.3 is 4.57 Å². The van der Waals surface area contributed by atoms with Crippen LogP contribution in [0.25, 0.3) is 11.0 Å². The maximum atomic E-state index is 13.4. The van der Waals surface area contributed by atoms with Crippen molar-refractivity contribution in [2.24, 2.45) is 0 Å². The summed E-state index contributed by atoms with van der Waals surface area (Å²) in [6.07, 6.45) is 0. The zero-order valence-corrected chi connectivity index (χ0v) is 9.25. The largest absolute Gasteiger partial charge is 0.317 e. The van der Waals surface area contributed by atoms with Crippen molar-refractivity contribution >= 4 is 33.6 Å². The summed E-state index contributed by atoms with van der Waals surface area (Å²) >= 11 is 2.12. The van der Waals surface area contributed by atoms with Crippen LogP contribution in [0.4, 0.5) is 4.39 Å². The second-order valence-electron chi connectivity index (χ2n) is 2.73. The molecule has 0 bridgehead atoms. The number of nitrogens with zero attached hydrogens (tertiary/aromatic N) is 2. The SMILES string of the molecule is CCn1c(I)nc2cccc(F)c21. The lowest BCUT2D eigenvalue weighted by Gasteiger charge is -2.00. The lowest BCUT2D eigenvalue weighted by Crippen LogP contribution is -1.97. The fraction of sp³-hybridized carbons (Fsp3) is 0.222. The third-order valence-electron chi connectivity index (χ3n) is 1.99. The molecule has 0 aliphatic carbocycles. The molecular formula is C9H8FIN2. The second-order valence-corrected chi connectivity index (χ2v) is 3.70. The molecule has 4 heteroatoms. The van der Waals surface area contributed by atoms with Crippen LogP contribution < -0.4 is 0 Å². The fourth-order valence-corrected chi connectivity index (χ4v) is 2.24. The molecular weight excluding hydrogens is 282 g/mol. The van der Waals surface area contributed by atoms with Gasteiger partial charge >= 0.3 is 0 Å². The molecule has 0 N–H and O–H groups in total. The normalized spacial score (nSPS) is 11.0. The van der Waals surface area contributed by atoms with E-state index < -0.39 is 0 Å². The van der Waals surface area contributed by atoms with Crippen molar-refractivity contribution in [2.75, 3.05) is 0 Å². The zero-order valence-electron chi connectivity index (χ0n) is 7.09. The molecule has 0 saturated heterocycles. The van der Waals surface area contributed by atoms with E-state index in [9.17, 15) is 4.39 Å². The summed E-state index contributed by atoms with van der Waals surface area (Å²) < 4.78 is 16.1. The number of aryl methyl sites for hydroxylation is 1. The van der Waals surface area contributed by atoms with Gasteiger partial charge in [-0.3, -0.25) is 0 Å². The number of hydrogen-bond donors (Lipinski definition) is 0. The predicted molar refractivity (Wildman–Crippen MR) is 58.1 cm³/mol. The van der Waals surface area contributed by atoms with Gasteiger partial charge in [-0.2, -0.15) is 0 Å². The molecule has 0 spiro atoms. The minimum absolute atomic E-state index is 0.199. The van der Waals surface area contributed by atoms with Gasteiger partial charge in [-0.05, 0) is 41.6 Å². The molecule has 0 aliphatic heterocycles. The van der Waals surface area contributed by atoms with E-state index in [0.29, 0.717) is 5.52 Å². The average Bonchev–Trinajstić information content (AvgIpc) is 2.42. The van der Waals surface area contributed by atoms with E-state index in [0.717, 1.165) is 15.9 Å². The van der Waals surface area contributed by atoms with Crippen LogP contribution in [-0.4, -0.2) is 9.55 Å². The summed E-state index contributed by atoms with van der Waals surface area (Å²) in [6.45, 7) is 2.73. The van der Waals surface area contributed by atoms with Crippen LogP contribution in [0, 0.1) is 9.65 Å². The molecule has 13 heavy (non-hydrogen) atoms. The van der Waals surface area contributed by atoms with E-state index in [4.69, 9.17) is 0 Å². The Labute approximate surface area is 88.9 Å². The van der Waals surface area contributed by atoms with Gasteiger partial charge in [0.2, 0.25) is 0 Å². The zero-order chi connectivity index (χ0) is 9.42. The second kappa shape index (κ2) is 3.25. The highest BCUT2D eigenvalue weighted by Crippen LogP contribution is 2.20. The van der Waals surface area contributed by atoms with E-state index in [1.54, 1.807) is 6.07 Å². The first kappa shape index (κ1) is 8.93. The van der Waals surface area contributed by atoms with Crippen LogP contribution in [0.1, 0.15) is 6.92 Å². The van der Waals surface area contributed by atoms with Gasteiger partial charge in [0.15, 0.2) is 3.83 Å². The molecule has 0 unspecified atom stereocenters. The average molecular weight is 290 g/mol. The number of benzene rings is 1. The number of halogens is 2. The molecule has 2 rings (SSSR count). The van der Waals surface area contributed by atoms with Crippen molar-refractivity contribution in [3.8, 4) is 0 Å². The van der Waals surface area contributed by atoms with Crippen LogP contribution >= 0.6 is 22.6 Å². The number of rotatable bonds is 1. The molecule has 0 aliphatic rings. The van der Waals surface area contributed by atoms with Gasteiger partial charge in [0.05, 0.1) is 5.52 Å². The van der Waals surface area contributed by atoms with E-state index in [-0.39, 0.29) is 5.82 Å². The number of imidazole rings is 1. The lowest BCUT2D eigenvalue weighted by atomic mass is 10.3. The molecule has 1 aromatic carbocycles. The van der Waals surface area contributed by atoms with Crippen LogP contribution in [-0.2, 0) is 6.54 Å². The van der Waals surface area contributed by atoms with Gasteiger partial charge in [-0.25, -0.2) is 9.37 Å². The van der Waals surface area contributed by atoms with Crippen LogP contribution in [0.3, 0.4) is 0 Å². The number of aromatic nitrogens is 2. The third-order valence-corrected chi connectivity index (χ3v) is 2.81. The number of hydrogen-bond acceptors (Lipinski definition) is 1. The first-order valence-electron chi connectivity index (χ1n) is 4.04. The Bertz CT molecular complexity index is 450. The van der Waals surface area contributed by atoms with E-state index in [1.165, 1.54) is 6.07 Å². The highest BCUT2D eigenvalue weighted by atomic mass is 127. The van der Waals surface area contributed by atoms with Crippen molar-refractivity contribution in [3.63, 3.8) is 0 Å². The van der Waals surface area contributed by atoms with Crippen LogP contribution in [0.5, 0.6) is 0 Å². The summed E-state index contributed by atoms with van der Waals surface area (Å²) in [4.78, 5) is 4.25. The molecule has 1 aromatic heterocycles. The maximum absolute atomic E-state index is 13.4. The highest BCUT2D eigenvalue weighted by Gasteiger charge is 2.09. The van der Waals surface area contributed by atoms with Crippen molar-refractivity contribution in [1.82, 2.24) is 9.55 Å². The molecule has 1 heterocycles. The Balaban J connectivity index is 2.88. The van der Waals surface area contributed by atoms with Gasteiger partial charge in [0.1, 0.15) is 11.3 Å². The lowest BCUT2D eigenvalue weighted by molar-refractivity contribution is 0.624. The molecule has 0 atom stereocenters. The molecule has 2 nitrogen and oxygen atoms in total. The topological polar surface area (TPSA) is 17.8 Å². The first-order chi connectivity index (χ1) is 6.24. The van der Waals surface area contributed by atoms with E-state index in [2.05, 4.69) is 27.6 Å². The molecule has 2 aromatic rings. The van der Waals surface area contributed by atoms with Crippen molar-refractivity contribution in [2.45, 2.75) is 13.5 Å². The summed E-state index contributed by atoms with van der Waals surface area (Å²) in [6, 6.07) is 4.97. The smallest absolute Gasteiger partial charge is 0.172 e. The molecule has 0 radical (unpaired) electrons. The van der Waals surface area contributed by atoms with Gasteiger partial charge in [-0.15, -0.1) is 0 Å². The van der Waals surface area contributed by atoms with Crippen LogP contribution in [0.2, 0.25) is 0 Å². The summed E-state index contributed by atoms with van der Waals surface area (Å²) in [5, 5.41) is 0. The summed E-state index contributed by atoms with van der Waals surface area (Å²) in [5.74, 6) is -0.199. The Kier molecular flexibility index (Phi) is 2.23. The Hall–Kier alpha value is -0.650. The number of para-hydroxylation sites is 1. The predicted octanol–water partition coefficient (Wildman–Crippen LogP) is 2.80. The Morgan fingerprint density at radius 1 is 1.54 bits per heavy atom. The van der Waals surface area contributed by atoms with Crippen molar-refractivity contribution < 1.29 is 4.39 Å². The maximum Gasteiger partial charge on any atom is 0.172 e. The van der Waals surface area contributed by atoms with E-state index >= 15 is 0 Å². The molecule has 0 fully saturated rings. The van der Waals surface area contributed by atoms with E-state index in [1.807, 2.05) is 17.6 Å². The fourth-order valence-electron chi connectivity index (χ4n) is 1.40. The van der Waals surface area contributed by atoms with Crippen molar-refractivity contribution in [1.29, 1.82) is 0 Å². The molecule has 0 saturated carbocycles. The van der Waals surface area contributed by atoms with Gasteiger partial charge in [0, 0.05) is 6.54 Å². The number of fused-ring (bicyclic) bond motifs is 1. The highest BCUT2D eigenvalue weighted by molar-refractivity contribution is 14.1. The minimum atomic E-state index is -0.199. The van der Waals surface area contributed by atoms with Gasteiger partial charge in [-0.1, -0.05) is 6.07 Å². The third kappa shape index (κ3) is 1.33. The first-order valence-corrected chi connectivity index (χ1v) is 5.12. The van der Waals surface area contributed by atoms with Crippen molar-refractivity contribution in [3.05, 3.63) is 27.8 Å². The monoisotopic (exact) mass is 290 g/mol. The molecule has 68 valence electrons. The standard InChI is InChI=1S/C9H8FIN2/c1-2-13-8-6(10)4-3-5-7(8)12-9(13)11/h3-5H,2H2,1H3. The Morgan fingerprint density at radius 2 is 2.31 bits per heavy atom. The summed E-state index contributed by atoms with van der Waals surface area (Å²) in [7, 11) is 0. The Morgan fingerprint density at radius 3 is 3.00 bits per heavy atom. The minimum Gasteiger partial charge on any atom is -0.317 e. The quantitative estimate of drug-likeness (QED) is 0.738.